The van der Waals surface area contributed by atoms with Gasteiger partial charge in [-0.25, -0.2) is 0 Å². The number of fused-ring (bicyclic) bond motifs is 1. The van der Waals surface area contributed by atoms with Crippen molar-refractivity contribution in [1.82, 2.24) is 10.2 Å². The molecule has 1 N–H and O–H groups in total. The third kappa shape index (κ3) is 3.83. The molecule has 0 aliphatic carbocycles. The van der Waals surface area contributed by atoms with E-state index in [1.807, 2.05) is 24.3 Å². The standard InChI is InChI=1S/C17H12BrN3O4S/c18-11-3-1-2-10(6-11)16-20-21-17(25-16)26-8-15(22)19-12-4-5-13-14(7-12)24-9-23-13/h1-7H,8-9H2,(H,19,22). The molecule has 1 amide bonds. The first kappa shape index (κ1) is 16.9. The lowest BCUT2D eigenvalue weighted by Crippen LogP contribution is -2.13. The van der Waals surface area contributed by atoms with E-state index >= 15 is 0 Å². The normalized spacial score (nSPS) is 12.2. The van der Waals surface area contributed by atoms with E-state index in [0.29, 0.717) is 28.3 Å². The first-order valence-electron chi connectivity index (χ1n) is 7.59. The van der Waals surface area contributed by atoms with Gasteiger partial charge in [0.15, 0.2) is 11.5 Å². The Hall–Kier alpha value is -2.52. The van der Waals surface area contributed by atoms with Crippen LogP contribution in [0, 0.1) is 0 Å². The molecule has 7 nitrogen and oxygen atoms in total. The second kappa shape index (κ2) is 7.38. The number of ether oxygens (including phenoxy) is 2. The van der Waals surface area contributed by atoms with Crippen molar-refractivity contribution < 1.29 is 18.7 Å². The Bertz CT molecular complexity index is 963. The molecule has 0 saturated heterocycles. The van der Waals surface area contributed by atoms with E-state index in [0.717, 1.165) is 10.0 Å². The zero-order chi connectivity index (χ0) is 17.9. The molecule has 26 heavy (non-hydrogen) atoms. The quantitative estimate of drug-likeness (QED) is 0.609. The van der Waals surface area contributed by atoms with Gasteiger partial charge in [0, 0.05) is 21.8 Å². The van der Waals surface area contributed by atoms with Crippen molar-refractivity contribution in [3.8, 4) is 23.0 Å². The minimum absolute atomic E-state index is 0.147. The fourth-order valence-corrected chi connectivity index (χ4v) is 3.27. The zero-order valence-corrected chi connectivity index (χ0v) is 15.7. The fraction of sp³-hybridized carbons (Fsp3) is 0.118. The van der Waals surface area contributed by atoms with Crippen LogP contribution in [-0.2, 0) is 4.79 Å². The lowest BCUT2D eigenvalue weighted by Gasteiger charge is -2.05. The summed E-state index contributed by atoms with van der Waals surface area (Å²) in [6.07, 6.45) is 0. The number of anilines is 1. The van der Waals surface area contributed by atoms with Gasteiger partial charge in [0.1, 0.15) is 0 Å². The summed E-state index contributed by atoms with van der Waals surface area (Å²) in [5.74, 6) is 1.66. The molecular formula is C17H12BrN3O4S. The number of carbonyl (C=O) groups excluding carboxylic acids is 1. The Kier molecular flexibility index (Phi) is 4.81. The lowest BCUT2D eigenvalue weighted by molar-refractivity contribution is -0.113. The third-order valence-corrected chi connectivity index (χ3v) is 4.77. The number of amides is 1. The Morgan fingerprint density at radius 2 is 2.04 bits per heavy atom. The van der Waals surface area contributed by atoms with Crippen molar-refractivity contribution in [3.05, 3.63) is 46.9 Å². The van der Waals surface area contributed by atoms with E-state index in [2.05, 4.69) is 31.4 Å². The topological polar surface area (TPSA) is 86.5 Å². The second-order valence-corrected chi connectivity index (χ2v) is 7.13. The number of benzene rings is 2. The van der Waals surface area contributed by atoms with Crippen LogP contribution in [0.15, 0.2) is 56.6 Å². The van der Waals surface area contributed by atoms with E-state index in [1.54, 1.807) is 18.2 Å². The highest BCUT2D eigenvalue weighted by Crippen LogP contribution is 2.34. The van der Waals surface area contributed by atoms with Crippen LogP contribution >= 0.6 is 27.7 Å². The SMILES string of the molecule is O=C(CSc1nnc(-c2cccc(Br)c2)o1)Nc1ccc2c(c1)OCO2. The van der Waals surface area contributed by atoms with Crippen molar-refractivity contribution in [2.45, 2.75) is 5.22 Å². The fourth-order valence-electron chi connectivity index (χ4n) is 2.30. The van der Waals surface area contributed by atoms with Gasteiger partial charge in [-0.3, -0.25) is 4.79 Å². The molecule has 0 spiro atoms. The number of thioether (sulfide) groups is 1. The number of nitrogens with zero attached hydrogens (tertiary/aromatic N) is 2. The van der Waals surface area contributed by atoms with Crippen LogP contribution < -0.4 is 14.8 Å². The Morgan fingerprint density at radius 3 is 2.92 bits per heavy atom. The molecule has 132 valence electrons. The third-order valence-electron chi connectivity index (χ3n) is 3.46. The van der Waals surface area contributed by atoms with Gasteiger partial charge >= 0.3 is 0 Å². The van der Waals surface area contributed by atoms with E-state index in [9.17, 15) is 4.79 Å². The van der Waals surface area contributed by atoms with Gasteiger partial charge in [-0.15, -0.1) is 10.2 Å². The summed E-state index contributed by atoms with van der Waals surface area (Å²) in [4.78, 5) is 12.1. The highest BCUT2D eigenvalue weighted by atomic mass is 79.9. The molecule has 0 atom stereocenters. The number of halogens is 1. The highest BCUT2D eigenvalue weighted by molar-refractivity contribution is 9.10. The average molecular weight is 434 g/mol. The van der Waals surface area contributed by atoms with Crippen LogP contribution in [-0.4, -0.2) is 28.7 Å². The van der Waals surface area contributed by atoms with Gasteiger partial charge < -0.3 is 19.2 Å². The molecule has 1 aromatic heterocycles. The number of carbonyl (C=O) groups is 1. The summed E-state index contributed by atoms with van der Waals surface area (Å²) in [6, 6.07) is 12.8. The smallest absolute Gasteiger partial charge is 0.277 e. The molecule has 3 aromatic rings. The summed E-state index contributed by atoms with van der Waals surface area (Å²) >= 11 is 4.57. The van der Waals surface area contributed by atoms with E-state index in [1.165, 1.54) is 11.8 Å². The molecule has 9 heteroatoms. The summed E-state index contributed by atoms with van der Waals surface area (Å²) in [5, 5.41) is 11.1. The Balaban J connectivity index is 1.35. The van der Waals surface area contributed by atoms with Gasteiger partial charge in [-0.2, -0.15) is 0 Å². The van der Waals surface area contributed by atoms with Crippen LogP contribution in [0.1, 0.15) is 0 Å². The van der Waals surface area contributed by atoms with E-state index in [-0.39, 0.29) is 18.5 Å². The van der Waals surface area contributed by atoms with E-state index < -0.39 is 0 Å². The molecule has 0 fully saturated rings. The second-order valence-electron chi connectivity index (χ2n) is 5.29. The van der Waals surface area contributed by atoms with Crippen LogP contribution in [0.5, 0.6) is 11.5 Å². The molecule has 2 aromatic carbocycles. The molecular weight excluding hydrogens is 422 g/mol. The number of aromatic nitrogens is 2. The first-order chi connectivity index (χ1) is 12.7. The molecule has 0 bridgehead atoms. The minimum Gasteiger partial charge on any atom is -0.454 e. The van der Waals surface area contributed by atoms with Crippen molar-refractivity contribution >= 4 is 39.3 Å². The van der Waals surface area contributed by atoms with Crippen molar-refractivity contribution in [1.29, 1.82) is 0 Å². The van der Waals surface area contributed by atoms with Crippen LogP contribution in [0.2, 0.25) is 0 Å². The van der Waals surface area contributed by atoms with Gasteiger partial charge in [-0.05, 0) is 30.3 Å². The van der Waals surface area contributed by atoms with Gasteiger partial charge in [0.25, 0.3) is 5.22 Å². The zero-order valence-electron chi connectivity index (χ0n) is 13.3. The largest absolute Gasteiger partial charge is 0.454 e. The number of hydrogen-bond donors (Lipinski definition) is 1. The Morgan fingerprint density at radius 1 is 1.15 bits per heavy atom. The molecule has 1 aliphatic rings. The van der Waals surface area contributed by atoms with Gasteiger partial charge in [0.2, 0.25) is 18.6 Å². The van der Waals surface area contributed by atoms with Gasteiger partial charge in [0.05, 0.1) is 5.75 Å². The summed E-state index contributed by atoms with van der Waals surface area (Å²) < 4.78 is 17.0. The van der Waals surface area contributed by atoms with Crippen LogP contribution in [0.25, 0.3) is 11.5 Å². The monoisotopic (exact) mass is 433 g/mol. The number of hydrogen-bond acceptors (Lipinski definition) is 7. The molecule has 0 radical (unpaired) electrons. The molecule has 2 heterocycles. The first-order valence-corrected chi connectivity index (χ1v) is 9.37. The molecule has 1 aliphatic heterocycles. The minimum atomic E-state index is -0.184. The summed E-state index contributed by atoms with van der Waals surface area (Å²) in [5.41, 5.74) is 1.45. The van der Waals surface area contributed by atoms with Crippen molar-refractivity contribution in [2.24, 2.45) is 0 Å². The predicted molar refractivity (Wildman–Crippen MR) is 99.4 cm³/mol. The predicted octanol–water partition coefficient (Wildman–Crippen LogP) is 3.96. The highest BCUT2D eigenvalue weighted by Gasteiger charge is 2.15. The van der Waals surface area contributed by atoms with Crippen LogP contribution in [0.4, 0.5) is 5.69 Å². The van der Waals surface area contributed by atoms with E-state index in [4.69, 9.17) is 13.9 Å². The maximum absolute atomic E-state index is 12.1. The summed E-state index contributed by atoms with van der Waals surface area (Å²) in [6.45, 7) is 0.195. The maximum atomic E-state index is 12.1. The molecule has 0 saturated carbocycles. The molecule has 0 unspecified atom stereocenters. The maximum Gasteiger partial charge on any atom is 0.277 e. The lowest BCUT2D eigenvalue weighted by atomic mass is 10.2. The van der Waals surface area contributed by atoms with Gasteiger partial charge in [-0.1, -0.05) is 33.8 Å². The van der Waals surface area contributed by atoms with Crippen LogP contribution in [0.3, 0.4) is 0 Å². The Labute approximate surface area is 161 Å². The average Bonchev–Trinajstić information content (AvgIpc) is 3.29. The number of rotatable bonds is 5. The summed E-state index contributed by atoms with van der Waals surface area (Å²) in [7, 11) is 0. The van der Waals surface area contributed by atoms with Crippen molar-refractivity contribution in [3.63, 3.8) is 0 Å². The van der Waals surface area contributed by atoms with Crippen molar-refractivity contribution in [2.75, 3.05) is 17.9 Å². The number of nitrogens with one attached hydrogen (secondary N) is 1. The molecule has 4 rings (SSSR count).